The van der Waals surface area contributed by atoms with Gasteiger partial charge < -0.3 is 5.32 Å². The Morgan fingerprint density at radius 1 is 1.83 bits per heavy atom. The number of amides is 1. The van der Waals surface area contributed by atoms with Crippen molar-refractivity contribution in [3.8, 4) is 0 Å². The molecule has 0 aliphatic heterocycles. The molecule has 0 aliphatic carbocycles. The molecule has 0 aromatic carbocycles. The van der Waals surface area contributed by atoms with E-state index < -0.39 is 0 Å². The molecule has 1 aromatic rings. The van der Waals surface area contributed by atoms with Gasteiger partial charge in [-0.3, -0.25) is 4.79 Å². The Balaban J connectivity index is 2.65. The van der Waals surface area contributed by atoms with Gasteiger partial charge in [0.15, 0.2) is 0 Å². The van der Waals surface area contributed by atoms with E-state index in [-0.39, 0.29) is 5.91 Å². The van der Waals surface area contributed by atoms with Crippen LogP contribution in [0.15, 0.2) is 27.9 Å². The second kappa shape index (κ2) is 4.42. The van der Waals surface area contributed by atoms with Gasteiger partial charge in [-0.05, 0) is 27.4 Å². The highest BCUT2D eigenvalue weighted by molar-refractivity contribution is 9.11. The molecule has 2 nitrogen and oxygen atoms in total. The molecule has 0 bridgehead atoms. The first-order chi connectivity index (χ1) is 5.75. The molecular weight excluding hydrogens is 238 g/mol. The van der Waals surface area contributed by atoms with Gasteiger partial charge in [0, 0.05) is 6.54 Å². The quantitative estimate of drug-likeness (QED) is 0.815. The summed E-state index contributed by atoms with van der Waals surface area (Å²) in [5, 5.41) is 4.56. The number of hydrogen-bond donors (Lipinski definition) is 1. The summed E-state index contributed by atoms with van der Waals surface area (Å²) >= 11 is 4.79. The predicted octanol–water partition coefficient (Wildman–Crippen LogP) is 2.43. The number of carbonyl (C=O) groups excluding carboxylic acids is 1. The molecule has 0 fully saturated rings. The lowest BCUT2D eigenvalue weighted by Gasteiger charge is -1.99. The van der Waals surface area contributed by atoms with Gasteiger partial charge in [-0.15, -0.1) is 17.9 Å². The molecule has 1 N–H and O–H groups in total. The van der Waals surface area contributed by atoms with Gasteiger partial charge in [-0.2, -0.15) is 0 Å². The summed E-state index contributed by atoms with van der Waals surface area (Å²) < 4.78 is 0.865. The predicted molar refractivity (Wildman–Crippen MR) is 54.5 cm³/mol. The Morgan fingerprint density at radius 3 is 3.08 bits per heavy atom. The zero-order valence-corrected chi connectivity index (χ0v) is 8.74. The molecule has 0 atom stereocenters. The van der Waals surface area contributed by atoms with E-state index in [0.717, 1.165) is 3.79 Å². The van der Waals surface area contributed by atoms with Crippen LogP contribution in [-0.2, 0) is 0 Å². The Kier molecular flexibility index (Phi) is 3.49. The van der Waals surface area contributed by atoms with E-state index in [9.17, 15) is 4.79 Å². The maximum absolute atomic E-state index is 11.3. The Bertz CT molecular complexity index is 295. The van der Waals surface area contributed by atoms with E-state index in [1.165, 1.54) is 11.3 Å². The monoisotopic (exact) mass is 245 g/mol. The molecule has 0 saturated carbocycles. The van der Waals surface area contributed by atoms with Gasteiger partial charge >= 0.3 is 0 Å². The van der Waals surface area contributed by atoms with Crippen molar-refractivity contribution in [1.82, 2.24) is 5.32 Å². The molecule has 0 aliphatic rings. The van der Waals surface area contributed by atoms with Crippen molar-refractivity contribution in [2.24, 2.45) is 0 Å². The van der Waals surface area contributed by atoms with Crippen molar-refractivity contribution >= 4 is 33.2 Å². The Morgan fingerprint density at radius 2 is 2.58 bits per heavy atom. The van der Waals surface area contributed by atoms with Gasteiger partial charge in [-0.25, -0.2) is 0 Å². The summed E-state index contributed by atoms with van der Waals surface area (Å²) in [6, 6.07) is 1.78. The first-order valence-electron chi connectivity index (χ1n) is 3.37. The molecule has 0 unspecified atom stereocenters. The molecule has 1 amide bonds. The van der Waals surface area contributed by atoms with Crippen molar-refractivity contribution in [1.29, 1.82) is 0 Å². The minimum Gasteiger partial charge on any atom is -0.349 e. The summed E-state index contributed by atoms with van der Waals surface area (Å²) in [4.78, 5) is 11.3. The number of thiophene rings is 1. The van der Waals surface area contributed by atoms with Crippen molar-refractivity contribution < 1.29 is 4.79 Å². The third kappa shape index (κ3) is 2.19. The third-order valence-electron chi connectivity index (χ3n) is 1.27. The van der Waals surface area contributed by atoms with Crippen LogP contribution in [0.1, 0.15) is 10.4 Å². The zero-order chi connectivity index (χ0) is 8.97. The number of rotatable bonds is 3. The maximum atomic E-state index is 11.3. The van der Waals surface area contributed by atoms with Gasteiger partial charge in [0.05, 0.1) is 9.35 Å². The van der Waals surface area contributed by atoms with E-state index >= 15 is 0 Å². The van der Waals surface area contributed by atoms with Gasteiger partial charge in [0.1, 0.15) is 0 Å². The van der Waals surface area contributed by atoms with E-state index in [1.54, 1.807) is 12.1 Å². The summed E-state index contributed by atoms with van der Waals surface area (Å²) in [6.07, 6.45) is 1.65. The fourth-order valence-corrected chi connectivity index (χ4v) is 1.96. The summed E-state index contributed by atoms with van der Waals surface area (Å²) in [5.74, 6) is -0.0666. The lowest BCUT2D eigenvalue weighted by Crippen LogP contribution is -2.22. The number of carbonyl (C=O) groups is 1. The van der Waals surface area contributed by atoms with Crippen molar-refractivity contribution in [2.75, 3.05) is 6.54 Å². The van der Waals surface area contributed by atoms with Crippen LogP contribution in [0.25, 0.3) is 0 Å². The maximum Gasteiger partial charge on any atom is 0.253 e. The molecule has 0 spiro atoms. The van der Waals surface area contributed by atoms with Crippen LogP contribution < -0.4 is 5.32 Å². The van der Waals surface area contributed by atoms with Crippen LogP contribution in [-0.4, -0.2) is 12.5 Å². The molecule has 0 saturated heterocycles. The van der Waals surface area contributed by atoms with Crippen LogP contribution in [0.5, 0.6) is 0 Å². The number of hydrogen-bond acceptors (Lipinski definition) is 2. The van der Waals surface area contributed by atoms with E-state index in [0.29, 0.717) is 12.1 Å². The summed E-state index contributed by atoms with van der Waals surface area (Å²) in [6.45, 7) is 4.01. The SMILES string of the molecule is C=CCNC(=O)c1ccsc1Br. The minimum atomic E-state index is -0.0666. The Labute approximate surface area is 83.4 Å². The molecule has 1 rings (SSSR count). The molecule has 1 aromatic heterocycles. The fraction of sp³-hybridized carbons (Fsp3) is 0.125. The fourth-order valence-electron chi connectivity index (χ4n) is 0.716. The molecular formula is C8H8BrNOS. The van der Waals surface area contributed by atoms with Crippen LogP contribution in [0.3, 0.4) is 0 Å². The van der Waals surface area contributed by atoms with Gasteiger partial charge in [0.25, 0.3) is 5.91 Å². The summed E-state index contributed by atoms with van der Waals surface area (Å²) in [7, 11) is 0. The van der Waals surface area contributed by atoms with Gasteiger partial charge in [-0.1, -0.05) is 6.08 Å². The summed E-state index contributed by atoms with van der Waals surface area (Å²) in [5.41, 5.74) is 0.682. The highest BCUT2D eigenvalue weighted by atomic mass is 79.9. The second-order valence-electron chi connectivity index (χ2n) is 2.11. The first kappa shape index (κ1) is 9.48. The second-order valence-corrected chi connectivity index (χ2v) is 4.34. The van der Waals surface area contributed by atoms with E-state index in [2.05, 4.69) is 27.8 Å². The Hall–Kier alpha value is -0.610. The van der Waals surface area contributed by atoms with Crippen LogP contribution in [0, 0.1) is 0 Å². The number of nitrogens with one attached hydrogen (secondary N) is 1. The van der Waals surface area contributed by atoms with Gasteiger partial charge in [0.2, 0.25) is 0 Å². The molecule has 64 valence electrons. The lowest BCUT2D eigenvalue weighted by atomic mass is 10.3. The zero-order valence-electron chi connectivity index (χ0n) is 6.34. The molecule has 0 radical (unpaired) electrons. The molecule has 4 heteroatoms. The molecule has 1 heterocycles. The van der Waals surface area contributed by atoms with Crippen LogP contribution >= 0.6 is 27.3 Å². The van der Waals surface area contributed by atoms with E-state index in [4.69, 9.17) is 0 Å². The average molecular weight is 246 g/mol. The topological polar surface area (TPSA) is 29.1 Å². The van der Waals surface area contributed by atoms with Crippen LogP contribution in [0.4, 0.5) is 0 Å². The van der Waals surface area contributed by atoms with E-state index in [1.807, 2.05) is 5.38 Å². The normalized spacial score (nSPS) is 9.42. The largest absolute Gasteiger partial charge is 0.349 e. The highest BCUT2D eigenvalue weighted by Gasteiger charge is 2.08. The van der Waals surface area contributed by atoms with Crippen LogP contribution in [0.2, 0.25) is 0 Å². The minimum absolute atomic E-state index is 0.0666. The third-order valence-corrected chi connectivity index (χ3v) is 2.96. The van der Waals surface area contributed by atoms with Crippen molar-refractivity contribution in [2.45, 2.75) is 0 Å². The van der Waals surface area contributed by atoms with Crippen molar-refractivity contribution in [3.63, 3.8) is 0 Å². The molecule has 12 heavy (non-hydrogen) atoms. The lowest BCUT2D eigenvalue weighted by molar-refractivity contribution is 0.0958. The standard InChI is InChI=1S/C8H8BrNOS/c1-2-4-10-8(11)6-3-5-12-7(6)9/h2-3,5H,1,4H2,(H,10,11). The number of halogens is 1. The first-order valence-corrected chi connectivity index (χ1v) is 5.05. The smallest absolute Gasteiger partial charge is 0.253 e. The highest BCUT2D eigenvalue weighted by Crippen LogP contribution is 2.22. The van der Waals surface area contributed by atoms with Crippen molar-refractivity contribution in [3.05, 3.63) is 33.5 Å². The average Bonchev–Trinajstić information content (AvgIpc) is 2.47.